The Balaban J connectivity index is 2.02. The Morgan fingerprint density at radius 2 is 1.64 bits per heavy atom. The average molecular weight is 438 g/mol. The van der Waals surface area contributed by atoms with Crippen LogP contribution in [0.15, 0.2) is 79.4 Å². The van der Waals surface area contributed by atoms with Gasteiger partial charge in [0.2, 0.25) is 5.91 Å². The predicted molar refractivity (Wildman–Crippen MR) is 140 cm³/mol. The molecule has 4 rings (SSSR count). The maximum absolute atomic E-state index is 13.4. The van der Waals surface area contributed by atoms with Gasteiger partial charge in [0.25, 0.3) is 0 Å². The number of hydrogen-bond acceptors (Lipinski definition) is 2. The quantitative estimate of drug-likeness (QED) is 0.300. The van der Waals surface area contributed by atoms with E-state index in [0.29, 0.717) is 0 Å². The molecular weight excluding hydrogens is 406 g/mol. The first-order valence-corrected chi connectivity index (χ1v) is 11.5. The van der Waals surface area contributed by atoms with Crippen LogP contribution in [-0.4, -0.2) is 13.0 Å². The van der Waals surface area contributed by atoms with Crippen LogP contribution < -0.4 is 10.1 Å². The summed E-state index contributed by atoms with van der Waals surface area (Å²) in [5.41, 5.74) is 3.84. The highest BCUT2D eigenvalue weighted by Crippen LogP contribution is 2.46. The van der Waals surface area contributed by atoms with Gasteiger partial charge in [0.05, 0.1) is 12.8 Å². The summed E-state index contributed by atoms with van der Waals surface area (Å²) in [5, 5.41) is 7.72. The number of carbonyl (C=O) groups excluding carboxylic acids is 1. The highest BCUT2D eigenvalue weighted by atomic mass is 16.5. The Hall–Kier alpha value is -3.59. The van der Waals surface area contributed by atoms with Crippen LogP contribution in [0.2, 0.25) is 0 Å². The maximum atomic E-state index is 13.4. The fraction of sp³-hybridized carbons (Fsp3) is 0.233. The molecule has 0 aliphatic carbocycles. The van der Waals surface area contributed by atoms with Crippen LogP contribution >= 0.6 is 0 Å². The zero-order valence-electron chi connectivity index (χ0n) is 19.8. The first kappa shape index (κ1) is 22.6. The van der Waals surface area contributed by atoms with Gasteiger partial charge in [0.1, 0.15) is 5.75 Å². The summed E-state index contributed by atoms with van der Waals surface area (Å²) in [7, 11) is 1.70. The van der Waals surface area contributed by atoms with Crippen molar-refractivity contribution in [3.05, 3.63) is 84.9 Å². The molecule has 2 atom stereocenters. The minimum Gasteiger partial charge on any atom is -0.496 e. The molecule has 0 aliphatic heterocycles. The molecule has 0 heterocycles. The van der Waals surface area contributed by atoms with E-state index in [1.54, 1.807) is 7.11 Å². The van der Waals surface area contributed by atoms with Gasteiger partial charge in [-0.25, -0.2) is 0 Å². The van der Waals surface area contributed by atoms with Gasteiger partial charge in [0, 0.05) is 17.0 Å². The number of benzene rings is 4. The SMILES string of the molecule is C=C[C@@H](CC)[C@H](C)C(=O)Nc1c(C)cc2ccccc2c1-c1c(OC)ccc2ccccc12. The van der Waals surface area contributed by atoms with Crippen molar-refractivity contribution in [2.24, 2.45) is 11.8 Å². The highest BCUT2D eigenvalue weighted by molar-refractivity contribution is 6.14. The second-order valence-corrected chi connectivity index (χ2v) is 8.61. The van der Waals surface area contributed by atoms with Crippen molar-refractivity contribution in [3.63, 3.8) is 0 Å². The van der Waals surface area contributed by atoms with E-state index in [-0.39, 0.29) is 17.7 Å². The molecule has 0 spiro atoms. The second kappa shape index (κ2) is 9.50. The molecule has 0 saturated carbocycles. The van der Waals surface area contributed by atoms with Gasteiger partial charge in [-0.2, -0.15) is 0 Å². The summed E-state index contributed by atoms with van der Waals surface area (Å²) in [6.07, 6.45) is 2.75. The lowest BCUT2D eigenvalue weighted by molar-refractivity contribution is -0.120. The van der Waals surface area contributed by atoms with Crippen molar-refractivity contribution in [1.82, 2.24) is 0 Å². The summed E-state index contributed by atoms with van der Waals surface area (Å²) in [6, 6.07) is 22.8. The number of anilines is 1. The highest BCUT2D eigenvalue weighted by Gasteiger charge is 2.24. The number of fused-ring (bicyclic) bond motifs is 2. The monoisotopic (exact) mass is 437 g/mol. The minimum absolute atomic E-state index is 0.000541. The van der Waals surface area contributed by atoms with Crippen molar-refractivity contribution in [1.29, 1.82) is 0 Å². The Kier molecular flexibility index (Phi) is 6.50. The number of aryl methyl sites for hydroxylation is 1. The molecule has 0 radical (unpaired) electrons. The van der Waals surface area contributed by atoms with Gasteiger partial charge in [-0.3, -0.25) is 4.79 Å². The summed E-state index contributed by atoms with van der Waals surface area (Å²) in [6.45, 7) is 10.0. The summed E-state index contributed by atoms with van der Waals surface area (Å²) >= 11 is 0. The van der Waals surface area contributed by atoms with E-state index in [1.807, 2.05) is 43.3 Å². The Bertz CT molecular complexity index is 1340. The molecule has 3 nitrogen and oxygen atoms in total. The third-order valence-corrected chi connectivity index (χ3v) is 6.69. The minimum atomic E-state index is -0.180. The number of carbonyl (C=O) groups is 1. The van der Waals surface area contributed by atoms with E-state index >= 15 is 0 Å². The van der Waals surface area contributed by atoms with Crippen LogP contribution in [0.1, 0.15) is 25.8 Å². The predicted octanol–water partition coefficient (Wildman–Crippen LogP) is 7.76. The second-order valence-electron chi connectivity index (χ2n) is 8.61. The molecule has 33 heavy (non-hydrogen) atoms. The Labute approximate surface area is 196 Å². The van der Waals surface area contributed by atoms with E-state index in [0.717, 1.165) is 56.1 Å². The van der Waals surface area contributed by atoms with Crippen molar-refractivity contribution in [2.75, 3.05) is 12.4 Å². The lowest BCUT2D eigenvalue weighted by Gasteiger charge is -2.23. The maximum Gasteiger partial charge on any atom is 0.227 e. The van der Waals surface area contributed by atoms with Gasteiger partial charge in [0.15, 0.2) is 0 Å². The van der Waals surface area contributed by atoms with E-state index < -0.39 is 0 Å². The molecule has 1 amide bonds. The molecule has 0 unspecified atom stereocenters. The normalized spacial score (nSPS) is 13.0. The lowest BCUT2D eigenvalue weighted by atomic mass is 9.88. The number of nitrogens with one attached hydrogen (secondary N) is 1. The fourth-order valence-electron chi connectivity index (χ4n) is 4.74. The molecule has 0 fully saturated rings. The first-order chi connectivity index (χ1) is 16.0. The van der Waals surface area contributed by atoms with Gasteiger partial charge < -0.3 is 10.1 Å². The van der Waals surface area contributed by atoms with E-state index in [1.165, 1.54) is 0 Å². The molecule has 168 valence electrons. The van der Waals surface area contributed by atoms with Crippen LogP contribution in [0, 0.1) is 18.8 Å². The van der Waals surface area contributed by atoms with Crippen molar-refractivity contribution < 1.29 is 9.53 Å². The number of methoxy groups -OCH3 is 1. The Morgan fingerprint density at radius 3 is 2.27 bits per heavy atom. The zero-order valence-corrected chi connectivity index (χ0v) is 19.8. The van der Waals surface area contributed by atoms with E-state index in [2.05, 4.69) is 62.1 Å². The van der Waals surface area contributed by atoms with Gasteiger partial charge in [-0.05, 0) is 58.5 Å². The van der Waals surface area contributed by atoms with Crippen molar-refractivity contribution in [3.8, 4) is 16.9 Å². The number of rotatable bonds is 7. The van der Waals surface area contributed by atoms with Crippen LogP contribution in [0.4, 0.5) is 5.69 Å². The smallest absolute Gasteiger partial charge is 0.227 e. The van der Waals surface area contributed by atoms with Gasteiger partial charge in [-0.1, -0.05) is 74.5 Å². The molecule has 4 aromatic carbocycles. The van der Waals surface area contributed by atoms with Crippen LogP contribution in [0.3, 0.4) is 0 Å². The van der Waals surface area contributed by atoms with E-state index in [9.17, 15) is 4.79 Å². The largest absolute Gasteiger partial charge is 0.496 e. The summed E-state index contributed by atoms with van der Waals surface area (Å²) in [4.78, 5) is 13.4. The molecule has 0 saturated heterocycles. The number of ether oxygens (including phenoxy) is 1. The molecule has 0 bridgehead atoms. The van der Waals surface area contributed by atoms with Crippen LogP contribution in [0.5, 0.6) is 5.75 Å². The molecule has 0 aliphatic rings. The lowest BCUT2D eigenvalue weighted by Crippen LogP contribution is -2.26. The summed E-state index contributed by atoms with van der Waals surface area (Å²) < 4.78 is 5.85. The van der Waals surface area contributed by atoms with Crippen LogP contribution in [0.25, 0.3) is 32.7 Å². The van der Waals surface area contributed by atoms with Crippen molar-refractivity contribution >= 4 is 33.1 Å². The van der Waals surface area contributed by atoms with Gasteiger partial charge >= 0.3 is 0 Å². The number of amides is 1. The molecule has 1 N–H and O–H groups in total. The summed E-state index contributed by atoms with van der Waals surface area (Å²) in [5.74, 6) is 0.730. The topological polar surface area (TPSA) is 38.3 Å². The average Bonchev–Trinajstić information content (AvgIpc) is 2.84. The third kappa shape index (κ3) is 4.11. The first-order valence-electron chi connectivity index (χ1n) is 11.5. The third-order valence-electron chi connectivity index (χ3n) is 6.69. The molecule has 4 aromatic rings. The van der Waals surface area contributed by atoms with Crippen LogP contribution in [-0.2, 0) is 4.79 Å². The van der Waals surface area contributed by atoms with E-state index in [4.69, 9.17) is 4.74 Å². The van der Waals surface area contributed by atoms with Crippen molar-refractivity contribution in [2.45, 2.75) is 27.2 Å². The number of hydrogen-bond donors (Lipinski definition) is 1. The molecule has 0 aromatic heterocycles. The standard InChI is InChI=1S/C30H31NO2/c1-6-21(7-2)20(4)30(32)31-29-19(3)18-23-13-9-11-15-25(23)28(29)27-24-14-10-8-12-22(24)16-17-26(27)33-5/h6,8-18,20-21H,1,7H2,2-5H3,(H,31,32)/t20-,21-/m0/s1. The number of allylic oxidation sites excluding steroid dienone is 1. The van der Waals surface area contributed by atoms with Gasteiger partial charge in [-0.15, -0.1) is 6.58 Å². The molecular formula is C30H31NO2. The zero-order chi connectivity index (χ0) is 23.5. The Morgan fingerprint density at radius 1 is 1.00 bits per heavy atom. The fourth-order valence-corrected chi connectivity index (χ4v) is 4.74. The molecule has 3 heteroatoms.